The van der Waals surface area contributed by atoms with Crippen molar-refractivity contribution in [1.82, 2.24) is 15.1 Å². The molecule has 1 unspecified atom stereocenters. The van der Waals surface area contributed by atoms with Gasteiger partial charge in [0.2, 0.25) is 5.91 Å². The molecule has 2 aromatic rings. The van der Waals surface area contributed by atoms with Gasteiger partial charge >= 0.3 is 6.18 Å². The number of aromatic amines is 1. The molecule has 0 saturated heterocycles. The van der Waals surface area contributed by atoms with Crippen molar-refractivity contribution >= 4 is 5.91 Å². The van der Waals surface area contributed by atoms with E-state index in [0.717, 1.165) is 23.4 Å². The molecule has 1 amide bonds. The summed E-state index contributed by atoms with van der Waals surface area (Å²) in [6.45, 7) is 2.81. The number of rotatable bonds is 3. The number of carbonyl (C=O) groups excluding carboxylic acids is 1. The third-order valence-electron chi connectivity index (χ3n) is 4.43. The van der Waals surface area contributed by atoms with Crippen LogP contribution in [0.4, 0.5) is 13.2 Å². The van der Waals surface area contributed by atoms with Gasteiger partial charge in [-0.05, 0) is 18.1 Å². The van der Waals surface area contributed by atoms with Crippen LogP contribution in [0, 0.1) is 0 Å². The topological polar surface area (TPSA) is 49.0 Å². The molecule has 4 nitrogen and oxygen atoms in total. The molecule has 1 aromatic heterocycles. The first-order chi connectivity index (χ1) is 11.4. The maximum absolute atomic E-state index is 12.9. The quantitative estimate of drug-likeness (QED) is 0.932. The number of aromatic nitrogens is 2. The second-order valence-electron chi connectivity index (χ2n) is 5.97. The van der Waals surface area contributed by atoms with Gasteiger partial charge in [-0.15, -0.1) is 0 Å². The number of fused-ring (bicyclic) bond motifs is 1. The third-order valence-corrected chi connectivity index (χ3v) is 4.43. The van der Waals surface area contributed by atoms with Crippen LogP contribution in [-0.2, 0) is 23.9 Å². The zero-order valence-electron chi connectivity index (χ0n) is 13.2. The molecule has 2 heterocycles. The molecule has 1 aromatic carbocycles. The number of amides is 1. The lowest BCUT2D eigenvalue weighted by atomic mass is 9.92. The number of benzene rings is 1. The molecule has 1 atom stereocenters. The van der Waals surface area contributed by atoms with Crippen LogP contribution < -0.4 is 0 Å². The van der Waals surface area contributed by atoms with E-state index in [0.29, 0.717) is 31.5 Å². The van der Waals surface area contributed by atoms with Crippen molar-refractivity contribution < 1.29 is 18.0 Å². The fourth-order valence-electron chi connectivity index (χ4n) is 3.12. The molecule has 1 N–H and O–H groups in total. The highest BCUT2D eigenvalue weighted by Crippen LogP contribution is 2.33. The van der Waals surface area contributed by atoms with Gasteiger partial charge in [0.25, 0.3) is 0 Å². The van der Waals surface area contributed by atoms with Crippen molar-refractivity contribution in [2.75, 3.05) is 6.54 Å². The number of halogens is 3. The Hall–Kier alpha value is -2.31. The van der Waals surface area contributed by atoms with Crippen LogP contribution in [0.15, 0.2) is 30.5 Å². The van der Waals surface area contributed by atoms with E-state index in [1.165, 1.54) is 6.07 Å². The maximum Gasteiger partial charge on any atom is 0.416 e. The van der Waals surface area contributed by atoms with Gasteiger partial charge in [-0.1, -0.05) is 25.1 Å². The zero-order valence-corrected chi connectivity index (χ0v) is 13.2. The molecule has 0 aliphatic carbocycles. The number of nitrogens with zero attached hydrogens (tertiary/aromatic N) is 2. The van der Waals surface area contributed by atoms with Crippen molar-refractivity contribution in [3.63, 3.8) is 0 Å². The number of H-pyrrole nitrogens is 1. The summed E-state index contributed by atoms with van der Waals surface area (Å²) in [7, 11) is 0. The standard InChI is InChI=1S/C17H18F3N3O/c1-2-14(11-4-3-5-13(8-11)17(18,19)20)16(24)23-7-6-15-12(10-23)9-21-22-15/h3-5,8-9,14H,2,6-7,10H2,1H3,(H,21,22). The molecular weight excluding hydrogens is 319 g/mol. The van der Waals surface area contributed by atoms with E-state index >= 15 is 0 Å². The van der Waals surface area contributed by atoms with Crippen molar-refractivity contribution in [3.8, 4) is 0 Å². The van der Waals surface area contributed by atoms with Crippen LogP contribution >= 0.6 is 0 Å². The molecule has 128 valence electrons. The molecular formula is C17H18F3N3O. The van der Waals surface area contributed by atoms with Crippen LogP contribution in [0.5, 0.6) is 0 Å². The lowest BCUT2D eigenvalue weighted by molar-refractivity contribution is -0.138. The van der Waals surface area contributed by atoms with E-state index < -0.39 is 17.7 Å². The first-order valence-electron chi connectivity index (χ1n) is 7.87. The highest BCUT2D eigenvalue weighted by molar-refractivity contribution is 5.84. The summed E-state index contributed by atoms with van der Waals surface area (Å²) in [5.74, 6) is -0.704. The predicted octanol–water partition coefficient (Wildman–Crippen LogP) is 3.51. The highest BCUT2D eigenvalue weighted by Gasteiger charge is 2.33. The van der Waals surface area contributed by atoms with Crippen LogP contribution in [0.3, 0.4) is 0 Å². The second-order valence-corrected chi connectivity index (χ2v) is 5.97. The zero-order chi connectivity index (χ0) is 17.3. The van der Waals surface area contributed by atoms with Gasteiger partial charge in [0.1, 0.15) is 0 Å². The van der Waals surface area contributed by atoms with E-state index in [-0.39, 0.29) is 5.91 Å². The summed E-state index contributed by atoms with van der Waals surface area (Å²) in [5.41, 5.74) is 1.68. The lowest BCUT2D eigenvalue weighted by Crippen LogP contribution is -2.38. The molecule has 0 saturated carbocycles. The Bertz CT molecular complexity index is 739. The monoisotopic (exact) mass is 337 g/mol. The first-order valence-corrected chi connectivity index (χ1v) is 7.87. The largest absolute Gasteiger partial charge is 0.416 e. The summed E-state index contributed by atoms with van der Waals surface area (Å²) in [4.78, 5) is 14.5. The van der Waals surface area contributed by atoms with Gasteiger partial charge in [-0.25, -0.2) is 0 Å². The van der Waals surface area contributed by atoms with Crippen molar-refractivity contribution in [1.29, 1.82) is 0 Å². The minimum absolute atomic E-state index is 0.135. The molecule has 0 spiro atoms. The van der Waals surface area contributed by atoms with E-state index in [4.69, 9.17) is 0 Å². The fourth-order valence-corrected chi connectivity index (χ4v) is 3.12. The van der Waals surface area contributed by atoms with Crippen LogP contribution in [0.1, 0.15) is 41.6 Å². The summed E-state index contributed by atoms with van der Waals surface area (Å²) < 4.78 is 38.7. The molecule has 0 fully saturated rings. The molecule has 24 heavy (non-hydrogen) atoms. The van der Waals surface area contributed by atoms with Gasteiger partial charge in [0.15, 0.2) is 0 Å². The van der Waals surface area contributed by atoms with Gasteiger partial charge in [-0.2, -0.15) is 18.3 Å². The summed E-state index contributed by atoms with van der Waals surface area (Å²) in [6, 6.07) is 5.06. The summed E-state index contributed by atoms with van der Waals surface area (Å²) >= 11 is 0. The highest BCUT2D eigenvalue weighted by atomic mass is 19.4. The van der Waals surface area contributed by atoms with Crippen LogP contribution in [0.2, 0.25) is 0 Å². The smallest absolute Gasteiger partial charge is 0.337 e. The van der Waals surface area contributed by atoms with E-state index in [9.17, 15) is 18.0 Å². The Morgan fingerprint density at radius 3 is 2.92 bits per heavy atom. The average Bonchev–Trinajstić information content (AvgIpc) is 3.02. The van der Waals surface area contributed by atoms with E-state index in [1.807, 2.05) is 6.92 Å². The normalized spacial score (nSPS) is 15.9. The molecule has 0 bridgehead atoms. The molecule has 0 radical (unpaired) electrons. The Kier molecular flexibility index (Phi) is 4.34. The summed E-state index contributed by atoms with van der Waals surface area (Å²) in [6.07, 6.45) is -1.58. The number of nitrogens with one attached hydrogen (secondary N) is 1. The fraction of sp³-hybridized carbons (Fsp3) is 0.412. The van der Waals surface area contributed by atoms with Gasteiger partial charge in [-0.3, -0.25) is 9.89 Å². The summed E-state index contributed by atoms with van der Waals surface area (Å²) in [5, 5.41) is 6.87. The third kappa shape index (κ3) is 3.16. The molecule has 1 aliphatic rings. The number of alkyl halides is 3. The minimum atomic E-state index is -4.41. The van der Waals surface area contributed by atoms with Crippen LogP contribution in [0.25, 0.3) is 0 Å². The van der Waals surface area contributed by atoms with Gasteiger partial charge < -0.3 is 4.90 Å². The number of hydrogen-bond acceptors (Lipinski definition) is 2. The van der Waals surface area contributed by atoms with Crippen molar-refractivity contribution in [3.05, 3.63) is 52.8 Å². The SMILES string of the molecule is CCC(C(=O)N1CCc2[nH]ncc2C1)c1cccc(C(F)(F)F)c1. The van der Waals surface area contributed by atoms with Gasteiger partial charge in [0, 0.05) is 30.8 Å². The van der Waals surface area contributed by atoms with Crippen molar-refractivity contribution in [2.45, 2.75) is 38.4 Å². The Morgan fingerprint density at radius 2 is 2.21 bits per heavy atom. The van der Waals surface area contributed by atoms with E-state index in [1.54, 1.807) is 17.2 Å². The van der Waals surface area contributed by atoms with Crippen molar-refractivity contribution in [2.24, 2.45) is 0 Å². The molecule has 3 rings (SSSR count). The van der Waals surface area contributed by atoms with Crippen LogP contribution in [-0.4, -0.2) is 27.5 Å². The number of carbonyl (C=O) groups is 1. The molecule has 1 aliphatic heterocycles. The average molecular weight is 337 g/mol. The first kappa shape index (κ1) is 16.5. The van der Waals surface area contributed by atoms with Gasteiger partial charge in [0.05, 0.1) is 17.7 Å². The Labute approximate surface area is 137 Å². The second kappa shape index (κ2) is 6.30. The lowest BCUT2D eigenvalue weighted by Gasteiger charge is -2.30. The minimum Gasteiger partial charge on any atom is -0.337 e. The number of hydrogen-bond donors (Lipinski definition) is 1. The molecule has 7 heteroatoms. The predicted molar refractivity (Wildman–Crippen MR) is 82.2 cm³/mol. The Morgan fingerprint density at radius 1 is 1.42 bits per heavy atom. The van der Waals surface area contributed by atoms with E-state index in [2.05, 4.69) is 10.2 Å². The Balaban J connectivity index is 1.83. The maximum atomic E-state index is 12.9.